The molecule has 2 heterocycles. The van der Waals surface area contributed by atoms with E-state index in [1.165, 1.54) is 30.7 Å². The van der Waals surface area contributed by atoms with Gasteiger partial charge >= 0.3 is 0 Å². The molecule has 0 bridgehead atoms. The summed E-state index contributed by atoms with van der Waals surface area (Å²) in [6.07, 6.45) is 5.78. The highest BCUT2D eigenvalue weighted by Gasteiger charge is 2.23. The van der Waals surface area contributed by atoms with E-state index < -0.39 is 0 Å². The van der Waals surface area contributed by atoms with Crippen molar-refractivity contribution in [3.8, 4) is 0 Å². The van der Waals surface area contributed by atoms with Crippen LogP contribution in [0.2, 0.25) is 0 Å². The second-order valence-corrected chi connectivity index (χ2v) is 6.93. The van der Waals surface area contributed by atoms with E-state index in [0.29, 0.717) is 12.1 Å². The molecule has 4 nitrogen and oxygen atoms in total. The Labute approximate surface area is 127 Å². The smallest absolute Gasteiger partial charge is 0.185 e. The molecule has 20 heavy (non-hydrogen) atoms. The minimum Gasteiger partial charge on any atom is -0.347 e. The van der Waals surface area contributed by atoms with Gasteiger partial charge in [0, 0.05) is 36.8 Å². The lowest BCUT2D eigenvalue weighted by atomic mass is 10.1. The third-order valence-electron chi connectivity index (χ3n) is 4.09. The summed E-state index contributed by atoms with van der Waals surface area (Å²) in [6.45, 7) is 7.87. The molecule has 2 atom stereocenters. The average molecular weight is 296 g/mol. The Balaban J connectivity index is 1.96. The van der Waals surface area contributed by atoms with E-state index in [1.807, 2.05) is 17.5 Å². The van der Waals surface area contributed by atoms with Crippen LogP contribution in [0.1, 0.15) is 44.0 Å². The van der Waals surface area contributed by atoms with Crippen LogP contribution in [0.5, 0.6) is 0 Å². The fourth-order valence-corrected chi connectivity index (χ4v) is 3.69. The largest absolute Gasteiger partial charge is 0.347 e. The highest BCUT2D eigenvalue weighted by Crippen LogP contribution is 2.29. The van der Waals surface area contributed by atoms with Gasteiger partial charge in [0.2, 0.25) is 0 Å². The first kappa shape index (κ1) is 15.7. The van der Waals surface area contributed by atoms with Crippen molar-refractivity contribution in [3.05, 3.63) is 11.1 Å². The average Bonchev–Trinajstić information content (AvgIpc) is 2.93. The van der Waals surface area contributed by atoms with Gasteiger partial charge < -0.3 is 15.1 Å². The number of likely N-dealkylation sites (N-methyl/N-ethyl adjacent to an activating group) is 2. The Morgan fingerprint density at radius 1 is 1.60 bits per heavy atom. The summed E-state index contributed by atoms with van der Waals surface area (Å²) in [5, 5.41) is 4.69. The van der Waals surface area contributed by atoms with Crippen LogP contribution in [0.3, 0.4) is 0 Å². The van der Waals surface area contributed by atoms with E-state index in [0.717, 1.165) is 18.2 Å². The summed E-state index contributed by atoms with van der Waals surface area (Å²) in [5.74, 6) is 0. The highest BCUT2D eigenvalue weighted by molar-refractivity contribution is 7.15. The Morgan fingerprint density at radius 3 is 3.10 bits per heavy atom. The Hall–Kier alpha value is -0.650. The quantitative estimate of drug-likeness (QED) is 0.874. The van der Waals surface area contributed by atoms with E-state index in [9.17, 15) is 0 Å². The number of likely N-dealkylation sites (tertiary alicyclic amines) is 1. The first-order valence-corrected chi connectivity index (χ1v) is 8.54. The van der Waals surface area contributed by atoms with E-state index in [-0.39, 0.29) is 0 Å². The van der Waals surface area contributed by atoms with Gasteiger partial charge in [-0.3, -0.25) is 0 Å². The number of aromatic nitrogens is 1. The molecule has 0 spiro atoms. The SMILES string of the molecule is CCCNC(C)c1cnc(N(C)C2CCCN(C)C2)s1. The molecule has 5 heteroatoms. The van der Waals surface area contributed by atoms with Crippen molar-refractivity contribution in [2.75, 3.05) is 38.6 Å². The lowest BCUT2D eigenvalue weighted by Gasteiger charge is -2.35. The van der Waals surface area contributed by atoms with Gasteiger partial charge in [0.15, 0.2) is 5.13 Å². The minimum absolute atomic E-state index is 0.406. The van der Waals surface area contributed by atoms with E-state index in [1.54, 1.807) is 0 Å². The number of hydrogen-bond acceptors (Lipinski definition) is 5. The predicted molar refractivity (Wildman–Crippen MR) is 87.7 cm³/mol. The number of hydrogen-bond donors (Lipinski definition) is 1. The number of anilines is 1. The van der Waals surface area contributed by atoms with Gasteiger partial charge in [0.05, 0.1) is 0 Å². The monoisotopic (exact) mass is 296 g/mol. The summed E-state index contributed by atoms with van der Waals surface area (Å²) < 4.78 is 0. The third kappa shape index (κ3) is 3.93. The standard InChI is InChI=1S/C15H28N4S/c1-5-8-16-12(2)14-10-17-15(20-14)19(4)13-7-6-9-18(3)11-13/h10,12-13,16H,5-9,11H2,1-4H3. The maximum atomic E-state index is 4.63. The molecule has 1 aliphatic rings. The van der Waals surface area contributed by atoms with Crippen LogP contribution in [0.15, 0.2) is 6.20 Å². The maximum absolute atomic E-state index is 4.63. The van der Waals surface area contributed by atoms with Crippen molar-refractivity contribution < 1.29 is 0 Å². The second kappa shape index (κ2) is 7.38. The predicted octanol–water partition coefficient (Wildman–Crippen LogP) is 2.73. The van der Waals surface area contributed by atoms with E-state index in [2.05, 4.69) is 48.0 Å². The summed E-state index contributed by atoms with van der Waals surface area (Å²) >= 11 is 1.83. The Bertz CT molecular complexity index is 406. The molecule has 1 N–H and O–H groups in total. The van der Waals surface area contributed by atoms with Crippen molar-refractivity contribution in [1.82, 2.24) is 15.2 Å². The molecule has 1 aliphatic heterocycles. The first-order chi connectivity index (χ1) is 9.61. The van der Waals surface area contributed by atoms with Crippen molar-refractivity contribution in [3.63, 3.8) is 0 Å². The van der Waals surface area contributed by atoms with Crippen LogP contribution in [0, 0.1) is 0 Å². The van der Waals surface area contributed by atoms with Crippen LogP contribution >= 0.6 is 11.3 Å². The molecule has 1 aromatic rings. The lowest BCUT2D eigenvalue weighted by Crippen LogP contribution is -2.45. The molecule has 0 saturated carbocycles. The fraction of sp³-hybridized carbons (Fsp3) is 0.800. The van der Waals surface area contributed by atoms with Gasteiger partial charge in [0.1, 0.15) is 0 Å². The molecule has 2 rings (SSSR count). The molecular weight excluding hydrogens is 268 g/mol. The maximum Gasteiger partial charge on any atom is 0.185 e. The summed E-state index contributed by atoms with van der Waals surface area (Å²) in [7, 11) is 4.40. The topological polar surface area (TPSA) is 31.4 Å². The zero-order valence-corrected chi connectivity index (χ0v) is 14.0. The minimum atomic E-state index is 0.406. The number of piperidine rings is 1. The van der Waals surface area contributed by atoms with Gasteiger partial charge in [-0.05, 0) is 46.3 Å². The van der Waals surface area contributed by atoms with Crippen molar-refractivity contribution in [2.24, 2.45) is 0 Å². The van der Waals surface area contributed by atoms with Crippen LogP contribution in [0.4, 0.5) is 5.13 Å². The number of rotatable bonds is 6. The highest BCUT2D eigenvalue weighted by atomic mass is 32.1. The molecular formula is C15H28N4S. The second-order valence-electron chi connectivity index (χ2n) is 5.89. The molecule has 0 aliphatic carbocycles. The summed E-state index contributed by atoms with van der Waals surface area (Å²) in [6, 6.07) is 1.01. The summed E-state index contributed by atoms with van der Waals surface area (Å²) in [5.41, 5.74) is 0. The van der Waals surface area contributed by atoms with Gasteiger partial charge in [-0.15, -0.1) is 11.3 Å². The van der Waals surface area contributed by atoms with Crippen molar-refractivity contribution >= 4 is 16.5 Å². The van der Waals surface area contributed by atoms with Gasteiger partial charge in [0.25, 0.3) is 0 Å². The lowest BCUT2D eigenvalue weighted by molar-refractivity contribution is 0.248. The molecule has 2 unspecified atom stereocenters. The summed E-state index contributed by atoms with van der Waals surface area (Å²) in [4.78, 5) is 10.8. The fourth-order valence-electron chi connectivity index (χ4n) is 2.71. The number of thiazole rings is 1. The van der Waals surface area contributed by atoms with Gasteiger partial charge in [-0.2, -0.15) is 0 Å². The molecule has 1 saturated heterocycles. The van der Waals surface area contributed by atoms with Crippen LogP contribution < -0.4 is 10.2 Å². The van der Waals surface area contributed by atoms with Crippen LogP contribution in [-0.2, 0) is 0 Å². The Kier molecular flexibility index (Phi) is 5.81. The Morgan fingerprint density at radius 2 is 2.40 bits per heavy atom. The molecule has 114 valence electrons. The molecule has 0 radical (unpaired) electrons. The number of nitrogens with one attached hydrogen (secondary N) is 1. The zero-order chi connectivity index (χ0) is 14.5. The van der Waals surface area contributed by atoms with Gasteiger partial charge in [-0.1, -0.05) is 6.92 Å². The van der Waals surface area contributed by atoms with Crippen LogP contribution in [0.25, 0.3) is 0 Å². The number of nitrogens with zero attached hydrogens (tertiary/aromatic N) is 3. The molecule has 1 fully saturated rings. The van der Waals surface area contributed by atoms with Crippen molar-refractivity contribution in [1.29, 1.82) is 0 Å². The van der Waals surface area contributed by atoms with E-state index in [4.69, 9.17) is 0 Å². The molecule has 0 aromatic carbocycles. The molecule has 0 amide bonds. The van der Waals surface area contributed by atoms with Crippen LogP contribution in [-0.4, -0.2) is 49.7 Å². The van der Waals surface area contributed by atoms with Gasteiger partial charge in [-0.25, -0.2) is 4.98 Å². The first-order valence-electron chi connectivity index (χ1n) is 7.72. The van der Waals surface area contributed by atoms with E-state index >= 15 is 0 Å². The third-order valence-corrected chi connectivity index (χ3v) is 5.36. The normalized spacial score (nSPS) is 21.9. The van der Waals surface area contributed by atoms with Crippen molar-refractivity contribution in [2.45, 2.75) is 45.2 Å². The molecule has 1 aromatic heterocycles. The zero-order valence-electron chi connectivity index (χ0n) is 13.2.